The van der Waals surface area contributed by atoms with Crippen molar-refractivity contribution in [2.75, 3.05) is 0 Å². The fourth-order valence-corrected chi connectivity index (χ4v) is 1.23. The van der Waals surface area contributed by atoms with Crippen LogP contribution in [0.5, 0.6) is 5.75 Å². The first-order valence-electron chi connectivity index (χ1n) is 4.28. The average molecular weight is 211 g/mol. The molecule has 3 nitrogen and oxygen atoms in total. The summed E-state index contributed by atoms with van der Waals surface area (Å²) in [6.07, 6.45) is 0.0172. The predicted octanol–water partition coefficient (Wildman–Crippen LogP) is 2.70. The molecule has 0 amide bonds. The number of ether oxygens (including phenoxy) is 1. The molecule has 0 radical (unpaired) electrons. The monoisotopic (exact) mass is 210 g/mol. The highest BCUT2D eigenvalue weighted by molar-refractivity contribution is 6.30. The molecule has 1 heterocycles. The van der Waals surface area contributed by atoms with Crippen LogP contribution in [-0.2, 0) is 0 Å². The van der Waals surface area contributed by atoms with Crippen molar-refractivity contribution in [3.8, 4) is 11.8 Å². The molecule has 14 heavy (non-hydrogen) atoms. The molecule has 1 aromatic rings. The zero-order valence-electron chi connectivity index (χ0n) is 8.34. The molecule has 1 aromatic heterocycles. The SMILES string of the molecule is Cc1nc(Cl)c(OC(C)C)cc1C#N. The summed E-state index contributed by atoms with van der Waals surface area (Å²) in [4.78, 5) is 4.02. The van der Waals surface area contributed by atoms with Crippen LogP contribution in [-0.4, -0.2) is 11.1 Å². The van der Waals surface area contributed by atoms with Gasteiger partial charge in [-0.25, -0.2) is 4.98 Å². The Morgan fingerprint density at radius 1 is 1.57 bits per heavy atom. The Labute approximate surface area is 88.3 Å². The standard InChI is InChI=1S/C10H11ClN2O/c1-6(2)14-9-4-8(5-12)7(3)13-10(9)11/h4,6H,1-3H3. The molecule has 0 unspecified atom stereocenters. The van der Waals surface area contributed by atoms with Crippen molar-refractivity contribution in [2.24, 2.45) is 0 Å². The van der Waals surface area contributed by atoms with E-state index in [1.54, 1.807) is 13.0 Å². The molecule has 0 saturated heterocycles. The van der Waals surface area contributed by atoms with Crippen molar-refractivity contribution in [2.45, 2.75) is 26.9 Å². The van der Waals surface area contributed by atoms with Gasteiger partial charge in [-0.3, -0.25) is 0 Å². The molecule has 0 bridgehead atoms. The first kappa shape index (κ1) is 10.8. The van der Waals surface area contributed by atoms with Gasteiger partial charge in [0.25, 0.3) is 0 Å². The smallest absolute Gasteiger partial charge is 0.171 e. The van der Waals surface area contributed by atoms with Gasteiger partial charge < -0.3 is 4.74 Å². The molecule has 0 spiro atoms. The summed E-state index contributed by atoms with van der Waals surface area (Å²) >= 11 is 5.86. The third-order valence-electron chi connectivity index (χ3n) is 1.62. The maximum atomic E-state index is 8.78. The number of nitriles is 1. The first-order chi connectivity index (χ1) is 6.54. The summed E-state index contributed by atoms with van der Waals surface area (Å²) in [7, 11) is 0. The number of halogens is 1. The lowest BCUT2D eigenvalue weighted by atomic mass is 10.2. The van der Waals surface area contributed by atoms with Crippen LogP contribution in [0.1, 0.15) is 25.1 Å². The van der Waals surface area contributed by atoms with Crippen molar-refractivity contribution in [3.63, 3.8) is 0 Å². The van der Waals surface area contributed by atoms with Gasteiger partial charge in [-0.05, 0) is 20.8 Å². The maximum Gasteiger partial charge on any atom is 0.171 e. The number of nitrogens with zero attached hydrogens (tertiary/aromatic N) is 2. The van der Waals surface area contributed by atoms with Crippen LogP contribution >= 0.6 is 11.6 Å². The molecule has 0 atom stereocenters. The Morgan fingerprint density at radius 2 is 2.21 bits per heavy atom. The second kappa shape index (κ2) is 4.30. The van der Waals surface area contributed by atoms with E-state index >= 15 is 0 Å². The van der Waals surface area contributed by atoms with Crippen molar-refractivity contribution >= 4 is 11.6 Å². The number of pyridine rings is 1. The lowest BCUT2D eigenvalue weighted by molar-refractivity contribution is 0.241. The second-order valence-electron chi connectivity index (χ2n) is 3.19. The van der Waals surface area contributed by atoms with E-state index in [0.717, 1.165) is 0 Å². The molecule has 0 fully saturated rings. The summed E-state index contributed by atoms with van der Waals surface area (Å²) in [6, 6.07) is 3.65. The van der Waals surface area contributed by atoms with Crippen LogP contribution in [0.4, 0.5) is 0 Å². The summed E-state index contributed by atoms with van der Waals surface area (Å²) < 4.78 is 5.40. The quantitative estimate of drug-likeness (QED) is 0.705. The Hall–Kier alpha value is -1.27. The minimum absolute atomic E-state index is 0.0172. The fraction of sp³-hybridized carbons (Fsp3) is 0.400. The largest absolute Gasteiger partial charge is 0.488 e. The van der Waals surface area contributed by atoms with Crippen LogP contribution in [0, 0.1) is 18.3 Å². The molecule has 1 rings (SSSR count). The van der Waals surface area contributed by atoms with Gasteiger partial charge in [0.05, 0.1) is 17.4 Å². The van der Waals surface area contributed by atoms with Gasteiger partial charge in [-0.15, -0.1) is 0 Å². The Balaban J connectivity index is 3.12. The van der Waals surface area contributed by atoms with Crippen molar-refractivity contribution < 1.29 is 4.74 Å². The van der Waals surface area contributed by atoms with Crippen LogP contribution < -0.4 is 4.74 Å². The third-order valence-corrected chi connectivity index (χ3v) is 1.89. The Morgan fingerprint density at radius 3 is 2.71 bits per heavy atom. The zero-order valence-corrected chi connectivity index (χ0v) is 9.09. The third kappa shape index (κ3) is 2.36. The molecule has 74 valence electrons. The molecule has 0 aliphatic carbocycles. The molecule has 0 aliphatic heterocycles. The molecular formula is C10H11ClN2O. The molecule has 4 heteroatoms. The van der Waals surface area contributed by atoms with E-state index in [-0.39, 0.29) is 6.10 Å². The van der Waals surface area contributed by atoms with Gasteiger partial charge in [0.2, 0.25) is 0 Å². The first-order valence-corrected chi connectivity index (χ1v) is 4.66. The van der Waals surface area contributed by atoms with E-state index in [0.29, 0.717) is 22.2 Å². The van der Waals surface area contributed by atoms with Crippen LogP contribution in [0.2, 0.25) is 5.15 Å². The zero-order chi connectivity index (χ0) is 10.7. The lowest BCUT2D eigenvalue weighted by Crippen LogP contribution is -2.07. The highest BCUT2D eigenvalue weighted by Crippen LogP contribution is 2.25. The van der Waals surface area contributed by atoms with E-state index in [4.69, 9.17) is 21.6 Å². The second-order valence-corrected chi connectivity index (χ2v) is 3.55. The number of rotatable bonds is 2. The van der Waals surface area contributed by atoms with Crippen LogP contribution in [0.15, 0.2) is 6.07 Å². The van der Waals surface area contributed by atoms with E-state index in [1.165, 1.54) is 0 Å². The minimum Gasteiger partial charge on any atom is -0.488 e. The van der Waals surface area contributed by atoms with Crippen molar-refractivity contribution in [1.82, 2.24) is 4.98 Å². The van der Waals surface area contributed by atoms with E-state index in [1.807, 2.05) is 19.9 Å². The number of hydrogen-bond acceptors (Lipinski definition) is 3. The summed E-state index contributed by atoms with van der Waals surface area (Å²) in [5, 5.41) is 9.08. The number of aromatic nitrogens is 1. The molecule has 0 N–H and O–H groups in total. The molecule has 0 aromatic carbocycles. The number of hydrogen-bond donors (Lipinski definition) is 0. The van der Waals surface area contributed by atoms with E-state index in [9.17, 15) is 0 Å². The lowest BCUT2D eigenvalue weighted by Gasteiger charge is -2.11. The molecule has 0 saturated carbocycles. The van der Waals surface area contributed by atoms with E-state index < -0.39 is 0 Å². The van der Waals surface area contributed by atoms with Gasteiger partial charge in [-0.2, -0.15) is 5.26 Å². The van der Waals surface area contributed by atoms with Crippen LogP contribution in [0.25, 0.3) is 0 Å². The average Bonchev–Trinajstić information content (AvgIpc) is 2.09. The molecular weight excluding hydrogens is 200 g/mol. The van der Waals surface area contributed by atoms with Gasteiger partial charge in [0.15, 0.2) is 10.9 Å². The topological polar surface area (TPSA) is 45.9 Å². The van der Waals surface area contributed by atoms with Crippen LogP contribution in [0.3, 0.4) is 0 Å². The van der Waals surface area contributed by atoms with Crippen molar-refractivity contribution in [3.05, 3.63) is 22.5 Å². The number of aryl methyl sites for hydroxylation is 1. The normalized spacial score (nSPS) is 10.0. The highest BCUT2D eigenvalue weighted by atomic mass is 35.5. The summed E-state index contributed by atoms with van der Waals surface area (Å²) in [5.74, 6) is 0.462. The minimum atomic E-state index is 0.0172. The van der Waals surface area contributed by atoms with Gasteiger partial charge >= 0.3 is 0 Å². The Bertz CT molecular complexity index is 382. The fourth-order valence-electron chi connectivity index (χ4n) is 1.01. The van der Waals surface area contributed by atoms with Crippen molar-refractivity contribution in [1.29, 1.82) is 5.26 Å². The van der Waals surface area contributed by atoms with E-state index in [2.05, 4.69) is 4.98 Å². The predicted molar refractivity (Wildman–Crippen MR) is 54.5 cm³/mol. The van der Waals surface area contributed by atoms with Gasteiger partial charge in [0.1, 0.15) is 6.07 Å². The Kier molecular flexibility index (Phi) is 3.32. The van der Waals surface area contributed by atoms with Gasteiger partial charge in [-0.1, -0.05) is 11.6 Å². The summed E-state index contributed by atoms with van der Waals surface area (Å²) in [5.41, 5.74) is 1.11. The molecule has 0 aliphatic rings. The summed E-state index contributed by atoms with van der Waals surface area (Å²) in [6.45, 7) is 5.52. The maximum absolute atomic E-state index is 8.78. The highest BCUT2D eigenvalue weighted by Gasteiger charge is 2.09. The van der Waals surface area contributed by atoms with Gasteiger partial charge in [0, 0.05) is 6.07 Å².